The van der Waals surface area contributed by atoms with E-state index in [1.807, 2.05) is 37.3 Å². The Morgan fingerprint density at radius 1 is 1.12 bits per heavy atom. The van der Waals surface area contributed by atoms with Gasteiger partial charge in [0.2, 0.25) is 5.89 Å². The predicted octanol–water partition coefficient (Wildman–Crippen LogP) is 4.37. The van der Waals surface area contributed by atoms with Gasteiger partial charge in [0, 0.05) is 23.8 Å². The first kappa shape index (κ1) is 16.3. The van der Waals surface area contributed by atoms with Crippen LogP contribution in [0.15, 0.2) is 47.1 Å². The van der Waals surface area contributed by atoms with Crippen LogP contribution in [0.3, 0.4) is 0 Å². The highest BCUT2D eigenvalue weighted by atomic mass is 35.5. The minimum absolute atomic E-state index is 0.289. The molecule has 2 aromatic heterocycles. The maximum Gasteiger partial charge on any atom is 0.226 e. The second kappa shape index (κ2) is 7.36. The molecular formula is C18H17ClN2O3. The van der Waals surface area contributed by atoms with Gasteiger partial charge < -0.3 is 13.9 Å². The Bertz CT molecular complexity index is 818. The SMILES string of the molecule is COc1cc(CCl)ccc1OCc1nc(-c2ccncc2)oc1C. The zero-order valence-corrected chi connectivity index (χ0v) is 14.2. The van der Waals surface area contributed by atoms with E-state index in [1.54, 1.807) is 19.5 Å². The Morgan fingerprint density at radius 3 is 2.62 bits per heavy atom. The third-order valence-corrected chi connectivity index (χ3v) is 3.88. The number of alkyl halides is 1. The average molecular weight is 345 g/mol. The molecule has 0 bridgehead atoms. The van der Waals surface area contributed by atoms with Crippen LogP contribution < -0.4 is 9.47 Å². The molecule has 0 saturated heterocycles. The number of nitrogens with zero attached hydrogens (tertiary/aromatic N) is 2. The molecule has 0 saturated carbocycles. The number of pyridine rings is 1. The molecule has 3 rings (SSSR count). The summed E-state index contributed by atoms with van der Waals surface area (Å²) < 4.78 is 16.9. The zero-order valence-electron chi connectivity index (χ0n) is 13.5. The van der Waals surface area contributed by atoms with Gasteiger partial charge in [0.25, 0.3) is 0 Å². The van der Waals surface area contributed by atoms with Crippen molar-refractivity contribution in [2.24, 2.45) is 0 Å². The summed E-state index contributed by atoms with van der Waals surface area (Å²) >= 11 is 5.84. The molecule has 124 valence electrons. The van der Waals surface area contributed by atoms with E-state index in [2.05, 4.69) is 9.97 Å². The highest BCUT2D eigenvalue weighted by molar-refractivity contribution is 6.17. The maximum atomic E-state index is 5.84. The predicted molar refractivity (Wildman–Crippen MR) is 91.4 cm³/mol. The van der Waals surface area contributed by atoms with Crippen molar-refractivity contribution < 1.29 is 13.9 Å². The molecule has 0 aliphatic rings. The molecule has 0 fully saturated rings. The number of hydrogen-bond donors (Lipinski definition) is 0. The first-order valence-electron chi connectivity index (χ1n) is 7.43. The van der Waals surface area contributed by atoms with Crippen LogP contribution >= 0.6 is 11.6 Å². The van der Waals surface area contributed by atoms with Crippen LogP contribution in [-0.4, -0.2) is 17.1 Å². The lowest BCUT2D eigenvalue weighted by atomic mass is 10.2. The van der Waals surface area contributed by atoms with Gasteiger partial charge in [-0.3, -0.25) is 4.98 Å². The number of hydrogen-bond acceptors (Lipinski definition) is 5. The lowest BCUT2D eigenvalue weighted by Gasteiger charge is -2.10. The molecule has 24 heavy (non-hydrogen) atoms. The Labute approximate surface area is 145 Å². The third kappa shape index (κ3) is 3.51. The lowest BCUT2D eigenvalue weighted by Crippen LogP contribution is -2.00. The van der Waals surface area contributed by atoms with Crippen molar-refractivity contribution in [1.82, 2.24) is 9.97 Å². The summed E-state index contributed by atoms with van der Waals surface area (Å²) in [6, 6.07) is 9.31. The quantitative estimate of drug-likeness (QED) is 0.621. The van der Waals surface area contributed by atoms with Crippen LogP contribution in [0.25, 0.3) is 11.5 Å². The van der Waals surface area contributed by atoms with Crippen molar-refractivity contribution in [3.63, 3.8) is 0 Å². The maximum absolute atomic E-state index is 5.84. The zero-order chi connectivity index (χ0) is 16.9. The van der Waals surface area contributed by atoms with Gasteiger partial charge in [-0.1, -0.05) is 6.07 Å². The van der Waals surface area contributed by atoms with E-state index in [1.165, 1.54) is 0 Å². The van der Waals surface area contributed by atoms with Crippen LogP contribution in [0.1, 0.15) is 17.0 Å². The third-order valence-electron chi connectivity index (χ3n) is 3.57. The Kier molecular flexibility index (Phi) is 5.01. The first-order valence-corrected chi connectivity index (χ1v) is 7.97. The average Bonchev–Trinajstić information content (AvgIpc) is 3.01. The molecule has 3 aromatic rings. The number of methoxy groups -OCH3 is 1. The molecule has 6 heteroatoms. The topological polar surface area (TPSA) is 57.4 Å². The highest BCUT2D eigenvalue weighted by Gasteiger charge is 2.13. The lowest BCUT2D eigenvalue weighted by molar-refractivity contribution is 0.279. The molecule has 0 unspecified atom stereocenters. The van der Waals surface area contributed by atoms with Crippen molar-refractivity contribution in [1.29, 1.82) is 0 Å². The number of ether oxygens (including phenoxy) is 2. The monoisotopic (exact) mass is 344 g/mol. The van der Waals surface area contributed by atoms with E-state index < -0.39 is 0 Å². The largest absolute Gasteiger partial charge is 0.493 e. The summed E-state index contributed by atoms with van der Waals surface area (Å²) in [5, 5.41) is 0. The minimum atomic E-state index is 0.289. The smallest absolute Gasteiger partial charge is 0.226 e. The fraction of sp³-hybridized carbons (Fsp3) is 0.222. The molecule has 0 atom stereocenters. The van der Waals surface area contributed by atoms with E-state index in [4.69, 9.17) is 25.5 Å². The van der Waals surface area contributed by atoms with Crippen molar-refractivity contribution in [3.05, 3.63) is 59.7 Å². The van der Waals surface area contributed by atoms with Crippen molar-refractivity contribution in [2.45, 2.75) is 19.4 Å². The molecule has 0 N–H and O–H groups in total. The summed E-state index contributed by atoms with van der Waals surface area (Å²) in [5.41, 5.74) is 2.59. The van der Waals surface area contributed by atoms with Crippen molar-refractivity contribution in [3.8, 4) is 23.0 Å². The van der Waals surface area contributed by atoms with E-state index in [9.17, 15) is 0 Å². The second-order valence-electron chi connectivity index (χ2n) is 5.17. The van der Waals surface area contributed by atoms with Crippen LogP contribution in [0, 0.1) is 6.92 Å². The number of aryl methyl sites for hydroxylation is 1. The van der Waals surface area contributed by atoms with E-state index in [-0.39, 0.29) is 6.61 Å². The normalized spacial score (nSPS) is 10.6. The molecule has 0 aliphatic carbocycles. The molecule has 2 heterocycles. The Morgan fingerprint density at radius 2 is 1.92 bits per heavy atom. The highest BCUT2D eigenvalue weighted by Crippen LogP contribution is 2.30. The van der Waals surface area contributed by atoms with Crippen LogP contribution in [0.5, 0.6) is 11.5 Å². The Hall–Kier alpha value is -2.53. The van der Waals surface area contributed by atoms with Gasteiger partial charge >= 0.3 is 0 Å². The molecule has 0 aliphatic heterocycles. The fourth-order valence-electron chi connectivity index (χ4n) is 2.24. The summed E-state index contributed by atoms with van der Waals surface area (Å²) in [7, 11) is 1.60. The van der Waals surface area contributed by atoms with Crippen molar-refractivity contribution in [2.75, 3.05) is 7.11 Å². The summed E-state index contributed by atoms with van der Waals surface area (Å²) in [4.78, 5) is 8.49. The van der Waals surface area contributed by atoms with Gasteiger partial charge in [0.05, 0.1) is 7.11 Å². The summed E-state index contributed by atoms with van der Waals surface area (Å²) in [6.07, 6.45) is 3.41. The minimum Gasteiger partial charge on any atom is -0.493 e. The molecule has 1 aromatic carbocycles. The van der Waals surface area contributed by atoms with Crippen LogP contribution in [0.2, 0.25) is 0 Å². The van der Waals surface area contributed by atoms with E-state index in [0.29, 0.717) is 23.3 Å². The molecule has 5 nitrogen and oxygen atoms in total. The number of halogens is 1. The summed E-state index contributed by atoms with van der Waals surface area (Å²) in [5.74, 6) is 2.98. The first-order chi connectivity index (χ1) is 11.7. The second-order valence-corrected chi connectivity index (χ2v) is 5.43. The van der Waals surface area contributed by atoms with E-state index >= 15 is 0 Å². The van der Waals surface area contributed by atoms with Gasteiger partial charge in [-0.2, -0.15) is 0 Å². The summed E-state index contributed by atoms with van der Waals surface area (Å²) in [6.45, 7) is 2.15. The molecule has 0 spiro atoms. The standard InChI is InChI=1S/C18H17ClN2O3/c1-12-15(21-18(24-12)14-5-7-20-8-6-14)11-23-16-4-3-13(10-19)9-17(16)22-2/h3-9H,10-11H2,1-2H3. The molecule has 0 radical (unpaired) electrons. The number of aromatic nitrogens is 2. The van der Waals surface area contributed by atoms with Crippen LogP contribution in [-0.2, 0) is 12.5 Å². The van der Waals surface area contributed by atoms with Gasteiger partial charge in [-0.15, -0.1) is 11.6 Å². The number of benzene rings is 1. The fourth-order valence-corrected chi connectivity index (χ4v) is 2.41. The van der Waals surface area contributed by atoms with Gasteiger partial charge in [0.1, 0.15) is 18.1 Å². The van der Waals surface area contributed by atoms with Gasteiger partial charge in [-0.05, 0) is 36.8 Å². The van der Waals surface area contributed by atoms with E-state index in [0.717, 1.165) is 22.6 Å². The molecular weight excluding hydrogens is 328 g/mol. The van der Waals surface area contributed by atoms with Crippen LogP contribution in [0.4, 0.5) is 0 Å². The number of oxazole rings is 1. The molecule has 0 amide bonds. The van der Waals surface area contributed by atoms with Gasteiger partial charge in [0.15, 0.2) is 11.5 Å². The number of rotatable bonds is 6. The van der Waals surface area contributed by atoms with Crippen molar-refractivity contribution >= 4 is 11.6 Å². The van der Waals surface area contributed by atoms with Gasteiger partial charge in [-0.25, -0.2) is 4.98 Å². The Balaban J connectivity index is 1.77.